The second-order valence-electron chi connectivity index (χ2n) is 5.09. The zero-order valence-electron chi connectivity index (χ0n) is 11.2. The monoisotopic (exact) mass is 230 g/mol. The largest absolute Gasteiger partial charge is 0.383 e. The van der Waals surface area contributed by atoms with Crippen molar-refractivity contribution in [3.05, 3.63) is 0 Å². The van der Waals surface area contributed by atoms with Crippen LogP contribution in [-0.2, 0) is 9.53 Å². The molecule has 0 fully saturated rings. The van der Waals surface area contributed by atoms with Gasteiger partial charge in [-0.2, -0.15) is 0 Å². The Bertz CT molecular complexity index is 195. The number of rotatable bonds is 7. The van der Waals surface area contributed by atoms with Crippen LogP contribution >= 0.6 is 0 Å². The molecule has 16 heavy (non-hydrogen) atoms. The molecule has 0 radical (unpaired) electrons. The average Bonchev–Trinajstić information content (AvgIpc) is 2.14. The number of hydrogen-bond donors (Lipinski definition) is 1. The van der Waals surface area contributed by atoms with E-state index in [1.807, 2.05) is 4.90 Å². The van der Waals surface area contributed by atoms with Gasteiger partial charge in [0.25, 0.3) is 0 Å². The summed E-state index contributed by atoms with van der Waals surface area (Å²) >= 11 is 0. The molecule has 2 N–H and O–H groups in total. The number of amides is 1. The maximum absolute atomic E-state index is 12.0. The summed E-state index contributed by atoms with van der Waals surface area (Å²) in [7, 11) is 1.56. The Kier molecular flexibility index (Phi) is 7.34. The molecule has 1 amide bonds. The maximum Gasteiger partial charge on any atom is 0.241 e. The molecule has 0 aromatic carbocycles. The lowest BCUT2D eigenvalue weighted by Crippen LogP contribution is -2.48. The third-order valence-electron chi connectivity index (χ3n) is 2.15. The summed E-state index contributed by atoms with van der Waals surface area (Å²) in [5, 5.41) is 0. The van der Waals surface area contributed by atoms with Gasteiger partial charge in [0, 0.05) is 20.2 Å². The van der Waals surface area contributed by atoms with Gasteiger partial charge in [-0.15, -0.1) is 0 Å². The molecule has 0 saturated heterocycles. The fourth-order valence-electron chi connectivity index (χ4n) is 1.62. The summed E-state index contributed by atoms with van der Waals surface area (Å²) < 4.78 is 4.91. The highest BCUT2D eigenvalue weighted by Gasteiger charge is 2.22. The lowest BCUT2D eigenvalue weighted by Gasteiger charge is -2.28. The standard InChI is InChI=1S/C12H26N2O2/c1-9(2)6-14(7-10(3)4)12(15)11(13)8-16-5/h9-11H,6-8,13H2,1-5H3. The number of carbonyl (C=O) groups is 1. The first-order valence-corrected chi connectivity index (χ1v) is 5.91. The number of ether oxygens (including phenoxy) is 1. The van der Waals surface area contributed by atoms with Crippen molar-refractivity contribution in [2.45, 2.75) is 33.7 Å². The summed E-state index contributed by atoms with van der Waals surface area (Å²) in [4.78, 5) is 13.9. The number of nitrogens with zero attached hydrogens (tertiary/aromatic N) is 1. The van der Waals surface area contributed by atoms with Crippen LogP contribution < -0.4 is 5.73 Å². The minimum absolute atomic E-state index is 0.00995. The highest BCUT2D eigenvalue weighted by molar-refractivity contribution is 5.81. The maximum atomic E-state index is 12.0. The van der Waals surface area contributed by atoms with E-state index in [1.54, 1.807) is 7.11 Å². The zero-order valence-corrected chi connectivity index (χ0v) is 11.2. The van der Waals surface area contributed by atoms with Crippen LogP contribution in [0, 0.1) is 11.8 Å². The van der Waals surface area contributed by atoms with Crippen molar-refractivity contribution in [3.8, 4) is 0 Å². The molecule has 0 saturated carbocycles. The van der Waals surface area contributed by atoms with Crippen LogP contribution in [-0.4, -0.2) is 43.7 Å². The van der Waals surface area contributed by atoms with Crippen LogP contribution in [0.25, 0.3) is 0 Å². The van der Waals surface area contributed by atoms with Crippen LogP contribution in [0.4, 0.5) is 0 Å². The van der Waals surface area contributed by atoms with Gasteiger partial charge in [-0.3, -0.25) is 4.79 Å². The summed E-state index contributed by atoms with van der Waals surface area (Å²) in [5.41, 5.74) is 5.76. The average molecular weight is 230 g/mol. The molecule has 1 atom stereocenters. The van der Waals surface area contributed by atoms with Crippen molar-refractivity contribution in [3.63, 3.8) is 0 Å². The van der Waals surface area contributed by atoms with Gasteiger partial charge in [0.1, 0.15) is 6.04 Å². The Morgan fingerprint density at radius 2 is 1.62 bits per heavy atom. The molecule has 0 heterocycles. The van der Waals surface area contributed by atoms with Crippen LogP contribution in [0.5, 0.6) is 0 Å². The normalized spacial score (nSPS) is 13.2. The molecule has 1 unspecified atom stereocenters. The van der Waals surface area contributed by atoms with Gasteiger partial charge in [0.05, 0.1) is 6.61 Å². The molecule has 4 heteroatoms. The minimum atomic E-state index is -0.539. The molecule has 0 bridgehead atoms. The van der Waals surface area contributed by atoms with E-state index in [0.717, 1.165) is 13.1 Å². The van der Waals surface area contributed by atoms with E-state index in [9.17, 15) is 4.79 Å². The van der Waals surface area contributed by atoms with E-state index in [-0.39, 0.29) is 12.5 Å². The molecule has 0 aliphatic heterocycles. The van der Waals surface area contributed by atoms with Crippen LogP contribution in [0.2, 0.25) is 0 Å². The Morgan fingerprint density at radius 1 is 1.19 bits per heavy atom. The second kappa shape index (κ2) is 7.63. The van der Waals surface area contributed by atoms with Gasteiger partial charge >= 0.3 is 0 Å². The SMILES string of the molecule is COCC(N)C(=O)N(CC(C)C)CC(C)C. The van der Waals surface area contributed by atoms with Crippen LogP contribution in [0.3, 0.4) is 0 Å². The first-order chi connectivity index (χ1) is 7.38. The summed E-state index contributed by atoms with van der Waals surface area (Å²) in [6.45, 7) is 10.2. The van der Waals surface area contributed by atoms with E-state index >= 15 is 0 Å². The van der Waals surface area contributed by atoms with Crippen molar-refractivity contribution < 1.29 is 9.53 Å². The lowest BCUT2D eigenvalue weighted by molar-refractivity contribution is -0.134. The van der Waals surface area contributed by atoms with Crippen molar-refractivity contribution in [2.24, 2.45) is 17.6 Å². The third-order valence-corrected chi connectivity index (χ3v) is 2.15. The Hall–Kier alpha value is -0.610. The van der Waals surface area contributed by atoms with Gasteiger partial charge in [0.15, 0.2) is 0 Å². The molecule has 0 aliphatic carbocycles. The van der Waals surface area contributed by atoms with E-state index in [4.69, 9.17) is 10.5 Å². The molecule has 0 rings (SSSR count). The first kappa shape index (κ1) is 15.4. The summed E-state index contributed by atoms with van der Waals surface area (Å²) in [6.07, 6.45) is 0. The topological polar surface area (TPSA) is 55.6 Å². The smallest absolute Gasteiger partial charge is 0.241 e. The number of hydrogen-bond acceptors (Lipinski definition) is 3. The van der Waals surface area contributed by atoms with Crippen LogP contribution in [0.15, 0.2) is 0 Å². The Labute approximate surface area is 99.1 Å². The second-order valence-corrected chi connectivity index (χ2v) is 5.09. The quantitative estimate of drug-likeness (QED) is 0.712. The number of methoxy groups -OCH3 is 1. The van der Waals surface area contributed by atoms with Crippen LogP contribution in [0.1, 0.15) is 27.7 Å². The highest BCUT2D eigenvalue weighted by Crippen LogP contribution is 2.05. The van der Waals surface area contributed by atoms with E-state index in [0.29, 0.717) is 11.8 Å². The van der Waals surface area contributed by atoms with Crippen molar-refractivity contribution >= 4 is 5.91 Å². The first-order valence-electron chi connectivity index (χ1n) is 5.91. The molecule has 0 aliphatic rings. The fraction of sp³-hybridized carbons (Fsp3) is 0.917. The molecule has 0 aromatic heterocycles. The third kappa shape index (κ3) is 6.08. The predicted molar refractivity (Wildman–Crippen MR) is 66.1 cm³/mol. The van der Waals surface area contributed by atoms with Crippen molar-refractivity contribution in [2.75, 3.05) is 26.8 Å². The molecular weight excluding hydrogens is 204 g/mol. The number of nitrogens with two attached hydrogens (primary N) is 1. The Morgan fingerprint density at radius 3 is 1.94 bits per heavy atom. The minimum Gasteiger partial charge on any atom is -0.383 e. The summed E-state index contributed by atoms with van der Waals surface area (Å²) in [5.74, 6) is 0.902. The Balaban J connectivity index is 4.42. The van der Waals surface area contributed by atoms with E-state index in [1.165, 1.54) is 0 Å². The summed E-state index contributed by atoms with van der Waals surface area (Å²) in [6, 6.07) is -0.539. The molecule has 0 aromatic rings. The number of carbonyl (C=O) groups excluding carboxylic acids is 1. The zero-order chi connectivity index (χ0) is 12.7. The van der Waals surface area contributed by atoms with Gasteiger partial charge in [-0.1, -0.05) is 27.7 Å². The van der Waals surface area contributed by atoms with Crippen molar-refractivity contribution in [1.82, 2.24) is 4.90 Å². The van der Waals surface area contributed by atoms with E-state index in [2.05, 4.69) is 27.7 Å². The predicted octanol–water partition coefficient (Wildman–Crippen LogP) is 1.10. The van der Waals surface area contributed by atoms with Gasteiger partial charge < -0.3 is 15.4 Å². The lowest BCUT2D eigenvalue weighted by atomic mass is 10.1. The fourth-order valence-corrected chi connectivity index (χ4v) is 1.62. The molecular formula is C12H26N2O2. The van der Waals surface area contributed by atoms with Crippen molar-refractivity contribution in [1.29, 1.82) is 0 Å². The molecule has 96 valence electrons. The molecule has 0 spiro atoms. The molecule has 4 nitrogen and oxygen atoms in total. The van der Waals surface area contributed by atoms with E-state index < -0.39 is 6.04 Å². The van der Waals surface area contributed by atoms with Gasteiger partial charge in [-0.05, 0) is 11.8 Å². The highest BCUT2D eigenvalue weighted by atomic mass is 16.5. The van der Waals surface area contributed by atoms with Gasteiger partial charge in [0.2, 0.25) is 5.91 Å². The van der Waals surface area contributed by atoms with Gasteiger partial charge in [-0.25, -0.2) is 0 Å².